The Kier molecular flexibility index (Phi) is 7.93. The average molecular weight is 559 g/mol. The highest BCUT2D eigenvalue weighted by Crippen LogP contribution is 2.31. The normalized spacial score (nSPS) is 14.9. The standard InChI is InChI=1S/C31H27FN2O5S/c1-4-38-30(36)27-19(2)33-31-34(28(27)22-10-14-24(37-3)15-11-22)29(35)26(40-31)17-21-6-5-7-25(16-21)39-18-20-8-12-23(32)13-9-20/h5-17,28H,4,18H2,1-3H3. The van der Waals surface area contributed by atoms with Crippen LogP contribution in [0.25, 0.3) is 6.08 Å². The van der Waals surface area contributed by atoms with E-state index in [1.54, 1.807) is 55.9 Å². The summed E-state index contributed by atoms with van der Waals surface area (Å²) in [6.45, 7) is 3.98. The van der Waals surface area contributed by atoms with E-state index in [4.69, 9.17) is 14.2 Å². The first-order chi connectivity index (χ1) is 19.4. The molecule has 5 rings (SSSR count). The molecule has 0 aliphatic carbocycles. The van der Waals surface area contributed by atoms with Gasteiger partial charge in [-0.15, -0.1) is 0 Å². The highest BCUT2D eigenvalue weighted by molar-refractivity contribution is 7.07. The fraction of sp³-hybridized carbons (Fsp3) is 0.194. The van der Waals surface area contributed by atoms with Gasteiger partial charge in [-0.1, -0.05) is 47.7 Å². The smallest absolute Gasteiger partial charge is 0.338 e. The van der Waals surface area contributed by atoms with E-state index in [9.17, 15) is 14.0 Å². The molecule has 0 amide bonds. The maximum absolute atomic E-state index is 13.8. The molecular formula is C31H27FN2O5S. The minimum Gasteiger partial charge on any atom is -0.497 e. The van der Waals surface area contributed by atoms with Crippen molar-refractivity contribution in [2.45, 2.75) is 26.5 Å². The van der Waals surface area contributed by atoms with Crippen molar-refractivity contribution in [3.63, 3.8) is 0 Å². The second-order valence-corrected chi connectivity index (χ2v) is 10.1. The van der Waals surface area contributed by atoms with Gasteiger partial charge in [0.25, 0.3) is 5.56 Å². The highest BCUT2D eigenvalue weighted by atomic mass is 32.1. The summed E-state index contributed by atoms with van der Waals surface area (Å²) in [7, 11) is 1.58. The van der Waals surface area contributed by atoms with Gasteiger partial charge in [-0.2, -0.15) is 0 Å². The van der Waals surface area contributed by atoms with Crippen LogP contribution in [0, 0.1) is 5.82 Å². The van der Waals surface area contributed by atoms with Crippen LogP contribution < -0.4 is 24.4 Å². The van der Waals surface area contributed by atoms with Crippen LogP contribution in [0.15, 0.2) is 93.9 Å². The van der Waals surface area contributed by atoms with Crippen molar-refractivity contribution in [2.24, 2.45) is 4.99 Å². The number of hydrogen-bond acceptors (Lipinski definition) is 7. The third kappa shape index (κ3) is 5.60. The molecule has 0 N–H and O–H groups in total. The number of carbonyl (C=O) groups excluding carboxylic acids is 1. The molecule has 1 unspecified atom stereocenters. The van der Waals surface area contributed by atoms with Crippen molar-refractivity contribution in [2.75, 3.05) is 13.7 Å². The molecule has 40 heavy (non-hydrogen) atoms. The zero-order chi connectivity index (χ0) is 28.2. The molecule has 4 aromatic rings. The van der Waals surface area contributed by atoms with Crippen molar-refractivity contribution in [3.05, 3.63) is 126 Å². The second kappa shape index (κ2) is 11.7. The minimum atomic E-state index is -0.700. The molecule has 1 aliphatic rings. The van der Waals surface area contributed by atoms with Gasteiger partial charge in [0, 0.05) is 0 Å². The summed E-state index contributed by atoms with van der Waals surface area (Å²) in [5.41, 5.74) is 2.90. The third-order valence-electron chi connectivity index (χ3n) is 6.42. The largest absolute Gasteiger partial charge is 0.497 e. The molecule has 0 spiro atoms. The zero-order valence-corrected chi connectivity index (χ0v) is 23.0. The number of fused-ring (bicyclic) bond motifs is 1. The number of allylic oxidation sites excluding steroid dienone is 1. The lowest BCUT2D eigenvalue weighted by Gasteiger charge is -2.24. The summed E-state index contributed by atoms with van der Waals surface area (Å²) < 4.78 is 31.7. The summed E-state index contributed by atoms with van der Waals surface area (Å²) >= 11 is 1.25. The lowest BCUT2D eigenvalue weighted by Crippen LogP contribution is -2.39. The van der Waals surface area contributed by atoms with E-state index in [1.165, 1.54) is 23.5 Å². The summed E-state index contributed by atoms with van der Waals surface area (Å²) in [6, 6.07) is 20.0. The van der Waals surface area contributed by atoms with Crippen LogP contribution in [0.1, 0.15) is 36.6 Å². The van der Waals surface area contributed by atoms with Crippen molar-refractivity contribution in [1.82, 2.24) is 4.57 Å². The number of carbonyl (C=O) groups is 1. The highest BCUT2D eigenvalue weighted by Gasteiger charge is 2.33. The number of hydrogen-bond donors (Lipinski definition) is 0. The van der Waals surface area contributed by atoms with Crippen LogP contribution in [-0.2, 0) is 16.1 Å². The second-order valence-electron chi connectivity index (χ2n) is 9.06. The van der Waals surface area contributed by atoms with Crippen molar-refractivity contribution < 1.29 is 23.4 Å². The van der Waals surface area contributed by atoms with Crippen LogP contribution in [-0.4, -0.2) is 24.3 Å². The molecule has 1 aromatic heterocycles. The van der Waals surface area contributed by atoms with Gasteiger partial charge in [-0.05, 0) is 73.0 Å². The molecule has 3 aromatic carbocycles. The van der Waals surface area contributed by atoms with Gasteiger partial charge in [-0.25, -0.2) is 14.2 Å². The summed E-state index contributed by atoms with van der Waals surface area (Å²) in [6.07, 6.45) is 1.78. The number of methoxy groups -OCH3 is 1. The minimum absolute atomic E-state index is 0.203. The Morgan fingerprint density at radius 2 is 1.82 bits per heavy atom. The fourth-order valence-electron chi connectivity index (χ4n) is 4.49. The predicted octanol–water partition coefficient (Wildman–Crippen LogP) is 4.53. The Hall–Kier alpha value is -4.50. The average Bonchev–Trinajstić information content (AvgIpc) is 3.26. The van der Waals surface area contributed by atoms with E-state index in [-0.39, 0.29) is 24.6 Å². The monoisotopic (exact) mass is 558 g/mol. The molecule has 204 valence electrons. The molecule has 0 fully saturated rings. The molecule has 9 heteroatoms. The van der Waals surface area contributed by atoms with Crippen LogP contribution in [0.3, 0.4) is 0 Å². The molecule has 0 saturated carbocycles. The van der Waals surface area contributed by atoms with E-state index in [2.05, 4.69) is 4.99 Å². The number of ether oxygens (including phenoxy) is 3. The molecule has 2 heterocycles. The van der Waals surface area contributed by atoms with Gasteiger partial charge in [0.05, 0.1) is 35.6 Å². The molecule has 7 nitrogen and oxygen atoms in total. The van der Waals surface area contributed by atoms with Crippen molar-refractivity contribution >= 4 is 23.4 Å². The van der Waals surface area contributed by atoms with E-state index >= 15 is 0 Å². The van der Waals surface area contributed by atoms with Gasteiger partial charge in [0.2, 0.25) is 0 Å². The first kappa shape index (κ1) is 27.1. The number of thiazole rings is 1. The van der Waals surface area contributed by atoms with E-state index in [0.717, 1.165) is 16.7 Å². The Balaban J connectivity index is 1.53. The van der Waals surface area contributed by atoms with Crippen molar-refractivity contribution in [1.29, 1.82) is 0 Å². The molecule has 0 bridgehead atoms. The maximum Gasteiger partial charge on any atom is 0.338 e. The first-order valence-corrected chi connectivity index (χ1v) is 13.5. The van der Waals surface area contributed by atoms with Crippen molar-refractivity contribution in [3.8, 4) is 11.5 Å². The van der Waals surface area contributed by atoms with E-state index in [0.29, 0.717) is 32.1 Å². The number of esters is 1. The molecular weight excluding hydrogens is 531 g/mol. The molecule has 0 saturated heterocycles. The lowest BCUT2D eigenvalue weighted by atomic mass is 9.96. The number of benzene rings is 3. The first-order valence-electron chi connectivity index (χ1n) is 12.7. The zero-order valence-electron chi connectivity index (χ0n) is 22.2. The van der Waals surface area contributed by atoms with Crippen LogP contribution in [0.5, 0.6) is 11.5 Å². The fourth-order valence-corrected chi connectivity index (χ4v) is 5.53. The van der Waals surface area contributed by atoms with Crippen LogP contribution in [0.4, 0.5) is 4.39 Å². The number of nitrogens with zero attached hydrogens (tertiary/aromatic N) is 2. The quantitative estimate of drug-likeness (QED) is 0.297. The van der Waals surface area contributed by atoms with Gasteiger partial charge in [-0.3, -0.25) is 9.36 Å². The lowest BCUT2D eigenvalue weighted by molar-refractivity contribution is -0.139. The summed E-state index contributed by atoms with van der Waals surface area (Å²) in [5, 5.41) is 0. The summed E-state index contributed by atoms with van der Waals surface area (Å²) in [4.78, 5) is 31.9. The molecule has 1 atom stereocenters. The Morgan fingerprint density at radius 1 is 1.07 bits per heavy atom. The Labute approximate surface area is 234 Å². The Morgan fingerprint density at radius 3 is 2.52 bits per heavy atom. The van der Waals surface area contributed by atoms with Gasteiger partial charge in [0.1, 0.15) is 23.9 Å². The number of rotatable bonds is 8. The third-order valence-corrected chi connectivity index (χ3v) is 7.41. The number of halogens is 1. The SMILES string of the molecule is CCOC(=O)C1=C(C)N=c2sc(=Cc3cccc(OCc4ccc(F)cc4)c3)c(=O)n2C1c1ccc(OC)cc1. The van der Waals surface area contributed by atoms with Crippen LogP contribution >= 0.6 is 11.3 Å². The maximum atomic E-state index is 13.8. The number of aromatic nitrogens is 1. The summed E-state index contributed by atoms with van der Waals surface area (Å²) in [5.74, 6) is 0.467. The van der Waals surface area contributed by atoms with E-state index < -0.39 is 12.0 Å². The Bertz CT molecular complexity index is 1760. The predicted molar refractivity (Wildman–Crippen MR) is 151 cm³/mol. The van der Waals surface area contributed by atoms with Gasteiger partial charge < -0.3 is 14.2 Å². The molecule has 0 radical (unpaired) electrons. The van der Waals surface area contributed by atoms with Gasteiger partial charge in [0.15, 0.2) is 4.80 Å². The van der Waals surface area contributed by atoms with E-state index in [1.807, 2.05) is 36.4 Å². The van der Waals surface area contributed by atoms with Crippen LogP contribution in [0.2, 0.25) is 0 Å². The molecule has 1 aliphatic heterocycles. The topological polar surface area (TPSA) is 79.1 Å². The van der Waals surface area contributed by atoms with Gasteiger partial charge >= 0.3 is 5.97 Å².